The second-order valence-corrected chi connectivity index (χ2v) is 13.6. The fourth-order valence-electron chi connectivity index (χ4n) is 6.89. The van der Waals surface area contributed by atoms with E-state index in [9.17, 15) is 14.7 Å². The van der Waals surface area contributed by atoms with E-state index in [1.54, 1.807) is 27.5 Å². The van der Waals surface area contributed by atoms with Crippen molar-refractivity contribution in [1.29, 1.82) is 0 Å². The lowest BCUT2D eigenvalue weighted by Gasteiger charge is -2.18. The number of hydrogen-bond acceptors (Lipinski definition) is 9. The van der Waals surface area contributed by atoms with E-state index in [4.69, 9.17) is 35.8 Å². The highest BCUT2D eigenvalue weighted by molar-refractivity contribution is 6.36. The highest BCUT2D eigenvalue weighted by Crippen LogP contribution is 2.45. The van der Waals surface area contributed by atoms with Gasteiger partial charge in [0, 0.05) is 85.2 Å². The second-order valence-electron chi connectivity index (χ2n) is 13.3. The molecule has 7 rings (SSSR count). The zero-order valence-electron chi connectivity index (χ0n) is 29.3. The molecule has 0 radical (unpaired) electrons. The Balaban J connectivity index is 1.15. The van der Waals surface area contributed by atoms with Gasteiger partial charge in [-0.05, 0) is 43.0 Å². The van der Waals surface area contributed by atoms with Gasteiger partial charge < -0.3 is 39.8 Å². The molecule has 12 nitrogen and oxygen atoms in total. The molecule has 1 aliphatic heterocycles. The second kappa shape index (κ2) is 14.8. The summed E-state index contributed by atoms with van der Waals surface area (Å²) in [4.78, 5) is 32.8. The van der Waals surface area contributed by atoms with E-state index in [1.807, 2.05) is 65.4 Å². The van der Waals surface area contributed by atoms with Crippen molar-refractivity contribution >= 4 is 34.5 Å². The first-order valence-corrected chi connectivity index (χ1v) is 17.6. The van der Waals surface area contributed by atoms with Crippen LogP contribution in [0.4, 0.5) is 0 Å². The molecule has 3 aromatic heterocycles. The Morgan fingerprint density at radius 1 is 1.00 bits per heavy atom. The van der Waals surface area contributed by atoms with Gasteiger partial charge in [-0.15, -0.1) is 0 Å². The van der Waals surface area contributed by atoms with Crippen molar-refractivity contribution in [3.63, 3.8) is 0 Å². The van der Waals surface area contributed by atoms with Gasteiger partial charge in [0.05, 0.1) is 48.7 Å². The Hall–Kier alpha value is -5.17. The number of carboxylic acid groups (broad SMARTS) is 1. The first-order chi connectivity index (χ1) is 25.2. The Bertz CT molecular complexity index is 2120. The van der Waals surface area contributed by atoms with Crippen LogP contribution in [0, 0.1) is 5.41 Å². The van der Waals surface area contributed by atoms with Crippen LogP contribution in [0.2, 0.25) is 5.02 Å². The minimum absolute atomic E-state index is 0.0961. The number of pyridine rings is 2. The van der Waals surface area contributed by atoms with E-state index in [0.717, 1.165) is 51.0 Å². The van der Waals surface area contributed by atoms with Gasteiger partial charge in [0.1, 0.15) is 17.1 Å². The van der Waals surface area contributed by atoms with E-state index < -0.39 is 11.4 Å². The molecule has 2 fully saturated rings. The molecular weight excluding hydrogens is 684 g/mol. The SMILES string of the molecule is COc1cc(-n2ccc3c(-c4cccc(-c5ccc(CNC[C@@H]6CCC(=O)N6)c(OC)n5)c4Cl)ccnc32)cc(OC)c1CNCC1(C(=O)O)CC1. The summed E-state index contributed by atoms with van der Waals surface area (Å²) < 4.78 is 19.2. The molecule has 0 unspecified atom stereocenters. The van der Waals surface area contributed by atoms with Gasteiger partial charge in [0.25, 0.3) is 0 Å². The maximum absolute atomic E-state index is 11.6. The lowest BCUT2D eigenvalue weighted by Crippen LogP contribution is -2.35. The lowest BCUT2D eigenvalue weighted by atomic mass is 9.99. The molecule has 0 bridgehead atoms. The van der Waals surface area contributed by atoms with Gasteiger partial charge in [-0.2, -0.15) is 0 Å². The summed E-state index contributed by atoms with van der Waals surface area (Å²) in [5, 5.41) is 20.7. The number of aromatic nitrogens is 3. The molecule has 0 spiro atoms. The summed E-state index contributed by atoms with van der Waals surface area (Å²) in [7, 11) is 4.81. The minimum Gasteiger partial charge on any atom is -0.496 e. The zero-order chi connectivity index (χ0) is 36.4. The van der Waals surface area contributed by atoms with Crippen molar-refractivity contribution in [2.75, 3.05) is 34.4 Å². The van der Waals surface area contributed by atoms with Crippen LogP contribution in [0.15, 0.2) is 67.0 Å². The molecule has 1 atom stereocenters. The number of carboxylic acids is 1. The van der Waals surface area contributed by atoms with Crippen LogP contribution in [0.1, 0.15) is 36.8 Å². The van der Waals surface area contributed by atoms with Crippen LogP contribution in [0.5, 0.6) is 17.4 Å². The number of fused-ring (bicyclic) bond motifs is 1. The van der Waals surface area contributed by atoms with E-state index in [-0.39, 0.29) is 11.9 Å². The summed E-state index contributed by atoms with van der Waals surface area (Å²) in [5.41, 5.74) is 5.74. The number of rotatable bonds is 15. The maximum Gasteiger partial charge on any atom is 0.310 e. The molecule has 52 heavy (non-hydrogen) atoms. The molecule has 2 aromatic carbocycles. The highest BCUT2D eigenvalue weighted by Gasteiger charge is 2.49. The van der Waals surface area contributed by atoms with Gasteiger partial charge in [-0.25, -0.2) is 9.97 Å². The monoisotopic (exact) mass is 724 g/mol. The number of carbonyl (C=O) groups is 2. The Morgan fingerprint density at radius 2 is 1.77 bits per heavy atom. The van der Waals surface area contributed by atoms with Crippen LogP contribution < -0.4 is 30.2 Å². The van der Waals surface area contributed by atoms with Crippen LogP contribution in [-0.4, -0.2) is 72.0 Å². The molecule has 270 valence electrons. The molecule has 5 aromatic rings. The fourth-order valence-corrected chi connectivity index (χ4v) is 7.21. The summed E-state index contributed by atoms with van der Waals surface area (Å²) in [6, 6.07) is 17.8. The number of methoxy groups -OCH3 is 3. The third-order valence-corrected chi connectivity index (χ3v) is 10.4. The van der Waals surface area contributed by atoms with Gasteiger partial charge in [-0.1, -0.05) is 35.9 Å². The number of hydrogen-bond donors (Lipinski definition) is 4. The Kier molecular flexibility index (Phi) is 10.0. The van der Waals surface area contributed by atoms with Crippen molar-refractivity contribution in [3.05, 3.63) is 83.1 Å². The number of halogens is 1. The molecular formula is C39H41ClN6O6. The summed E-state index contributed by atoms with van der Waals surface area (Å²) in [6.07, 6.45) is 6.47. The van der Waals surface area contributed by atoms with E-state index in [1.165, 1.54) is 0 Å². The predicted octanol–water partition coefficient (Wildman–Crippen LogP) is 5.76. The first kappa shape index (κ1) is 35.2. The Labute approximate surface area is 306 Å². The normalized spacial score (nSPS) is 16.2. The van der Waals surface area contributed by atoms with E-state index in [2.05, 4.69) is 16.0 Å². The summed E-state index contributed by atoms with van der Waals surface area (Å²) >= 11 is 7.17. The van der Waals surface area contributed by atoms with Gasteiger partial charge >= 0.3 is 5.97 Å². The molecule has 1 saturated heterocycles. The van der Waals surface area contributed by atoms with Gasteiger partial charge in [0.15, 0.2) is 0 Å². The number of benzene rings is 2. The van der Waals surface area contributed by atoms with Crippen LogP contribution >= 0.6 is 11.6 Å². The van der Waals surface area contributed by atoms with Gasteiger partial charge in [0.2, 0.25) is 11.8 Å². The fraction of sp³-hybridized carbons (Fsp3) is 0.333. The van der Waals surface area contributed by atoms with Crippen molar-refractivity contribution in [2.45, 2.75) is 44.8 Å². The largest absolute Gasteiger partial charge is 0.496 e. The minimum atomic E-state index is -0.766. The smallest absolute Gasteiger partial charge is 0.310 e. The van der Waals surface area contributed by atoms with Crippen molar-refractivity contribution < 1.29 is 28.9 Å². The highest BCUT2D eigenvalue weighted by atomic mass is 35.5. The first-order valence-electron chi connectivity index (χ1n) is 17.2. The average molecular weight is 725 g/mol. The van der Waals surface area contributed by atoms with Crippen LogP contribution in [0.25, 0.3) is 39.1 Å². The molecule has 2 aliphatic rings. The summed E-state index contributed by atoms with van der Waals surface area (Å²) in [5.74, 6) is 1.06. The van der Waals surface area contributed by atoms with Crippen molar-refractivity contribution in [3.8, 4) is 45.5 Å². The molecule has 1 saturated carbocycles. The molecule has 1 amide bonds. The number of nitrogens with one attached hydrogen (secondary N) is 3. The number of aliphatic carboxylic acids is 1. The maximum atomic E-state index is 11.6. The summed E-state index contributed by atoms with van der Waals surface area (Å²) in [6.45, 7) is 2.00. The van der Waals surface area contributed by atoms with Crippen LogP contribution in [-0.2, 0) is 22.7 Å². The topological polar surface area (TPSA) is 149 Å². The van der Waals surface area contributed by atoms with Crippen molar-refractivity contribution in [2.24, 2.45) is 5.41 Å². The zero-order valence-corrected chi connectivity index (χ0v) is 30.0. The standard InChI is InChI=1S/C39H41ClN6O6/c1-50-32-17-25(18-33(51-2)30(32)21-42-22-39(13-14-39)38(48)49)46-16-12-28-26(11-15-43-36(28)46)27-5-4-6-29(35(27)40)31-9-7-23(37(45-31)52-3)19-41-20-24-8-10-34(47)44-24/h4-7,9,11-12,15-18,24,41-42H,8,10,13-14,19-22H2,1-3H3,(H,44,47)(H,48,49)/t24-/m0/s1. The molecule has 4 N–H and O–H groups in total. The number of carbonyl (C=O) groups excluding carboxylic acids is 1. The molecule has 4 heterocycles. The third kappa shape index (κ3) is 6.89. The number of amides is 1. The Morgan fingerprint density at radius 3 is 2.44 bits per heavy atom. The van der Waals surface area contributed by atoms with Crippen molar-refractivity contribution in [1.82, 2.24) is 30.5 Å². The van der Waals surface area contributed by atoms with Crippen LogP contribution in [0.3, 0.4) is 0 Å². The van der Waals surface area contributed by atoms with E-state index in [0.29, 0.717) is 73.5 Å². The number of ether oxygens (including phenoxy) is 3. The third-order valence-electron chi connectivity index (χ3n) is 10.0. The number of nitrogens with zero attached hydrogens (tertiary/aromatic N) is 3. The average Bonchev–Trinajstić information content (AvgIpc) is 3.64. The lowest BCUT2D eigenvalue weighted by molar-refractivity contribution is -0.143. The van der Waals surface area contributed by atoms with Gasteiger partial charge in [-0.3, -0.25) is 9.59 Å². The quantitative estimate of drug-likeness (QED) is 0.105. The molecule has 1 aliphatic carbocycles. The predicted molar refractivity (Wildman–Crippen MR) is 198 cm³/mol. The molecule has 13 heteroatoms. The van der Waals surface area contributed by atoms with E-state index >= 15 is 0 Å².